The highest BCUT2D eigenvalue weighted by molar-refractivity contribution is 7.90. The van der Waals surface area contributed by atoms with Crippen molar-refractivity contribution < 1.29 is 13.5 Å². The fourth-order valence-corrected chi connectivity index (χ4v) is 2.38. The Balaban J connectivity index is 2.06. The molecule has 0 heterocycles. The highest BCUT2D eigenvalue weighted by atomic mass is 35.5. The number of benzene rings is 2. The topological polar surface area (TPSA) is 104 Å². The number of rotatable bonds is 5. The van der Waals surface area contributed by atoms with E-state index < -0.39 is 10.2 Å². The maximum absolute atomic E-state index is 11.0. The smallest absolute Gasteiger partial charge is 0.296 e. The second kappa shape index (κ2) is 6.21. The summed E-state index contributed by atoms with van der Waals surface area (Å²) in [6, 6.07) is 11.6. The molecule has 0 radical (unpaired) electrons. The monoisotopic (exact) mass is 327 g/mol. The molecule has 2 rings (SSSR count). The first-order valence-corrected chi connectivity index (χ1v) is 7.88. The van der Waals surface area contributed by atoms with Crippen LogP contribution in [0.2, 0.25) is 5.02 Å². The summed E-state index contributed by atoms with van der Waals surface area (Å²) in [5, 5.41) is 17.7. The SMILES string of the molecule is NS(=O)(=O)Nc1cccc(NCc2ccc(O)c(Cl)c2)c1. The van der Waals surface area contributed by atoms with Crippen LogP contribution in [0, 0.1) is 0 Å². The molecule has 112 valence electrons. The Labute approximate surface area is 127 Å². The van der Waals surface area contributed by atoms with Crippen molar-refractivity contribution >= 4 is 33.2 Å². The van der Waals surface area contributed by atoms with Crippen molar-refractivity contribution in [2.75, 3.05) is 10.0 Å². The molecule has 0 saturated carbocycles. The van der Waals surface area contributed by atoms with Gasteiger partial charge in [-0.2, -0.15) is 8.42 Å². The summed E-state index contributed by atoms with van der Waals surface area (Å²) >= 11 is 5.83. The van der Waals surface area contributed by atoms with Crippen LogP contribution in [0.3, 0.4) is 0 Å². The lowest BCUT2D eigenvalue weighted by atomic mass is 10.2. The average Bonchev–Trinajstić information content (AvgIpc) is 2.39. The van der Waals surface area contributed by atoms with Gasteiger partial charge in [-0.1, -0.05) is 23.7 Å². The molecule has 21 heavy (non-hydrogen) atoms. The third kappa shape index (κ3) is 4.82. The van der Waals surface area contributed by atoms with Crippen LogP contribution < -0.4 is 15.2 Å². The number of nitrogens with two attached hydrogens (primary N) is 1. The van der Waals surface area contributed by atoms with Gasteiger partial charge in [-0.3, -0.25) is 4.72 Å². The molecule has 0 saturated heterocycles. The Kier molecular flexibility index (Phi) is 4.56. The second-order valence-electron chi connectivity index (χ2n) is 4.37. The van der Waals surface area contributed by atoms with E-state index in [4.69, 9.17) is 16.7 Å². The predicted octanol–water partition coefficient (Wildman–Crippen LogP) is 2.27. The predicted molar refractivity (Wildman–Crippen MR) is 83.6 cm³/mol. The van der Waals surface area contributed by atoms with Gasteiger partial charge in [-0.05, 0) is 35.9 Å². The van der Waals surface area contributed by atoms with Crippen LogP contribution >= 0.6 is 11.6 Å². The van der Waals surface area contributed by atoms with E-state index in [1.165, 1.54) is 6.07 Å². The summed E-state index contributed by atoms with van der Waals surface area (Å²) in [4.78, 5) is 0. The first-order valence-electron chi connectivity index (χ1n) is 5.95. The fourth-order valence-electron chi connectivity index (χ4n) is 1.72. The third-order valence-electron chi connectivity index (χ3n) is 2.63. The van der Waals surface area contributed by atoms with Gasteiger partial charge in [-0.25, -0.2) is 5.14 Å². The Morgan fingerprint density at radius 1 is 1.14 bits per heavy atom. The molecule has 0 fully saturated rings. The van der Waals surface area contributed by atoms with Crippen molar-refractivity contribution in [2.45, 2.75) is 6.54 Å². The molecule has 0 atom stereocenters. The first kappa shape index (κ1) is 15.4. The maximum Gasteiger partial charge on any atom is 0.296 e. The van der Waals surface area contributed by atoms with Crippen molar-refractivity contribution in [1.82, 2.24) is 0 Å². The highest BCUT2D eigenvalue weighted by Gasteiger charge is 2.03. The molecule has 0 aliphatic rings. The zero-order valence-corrected chi connectivity index (χ0v) is 12.4. The lowest BCUT2D eigenvalue weighted by molar-refractivity contribution is 0.475. The summed E-state index contributed by atoms with van der Waals surface area (Å²) in [7, 11) is -3.79. The van der Waals surface area contributed by atoms with E-state index in [0.717, 1.165) is 5.56 Å². The number of hydrogen-bond acceptors (Lipinski definition) is 4. The highest BCUT2D eigenvalue weighted by Crippen LogP contribution is 2.24. The summed E-state index contributed by atoms with van der Waals surface area (Å²) in [6.45, 7) is 0.471. The van der Waals surface area contributed by atoms with E-state index in [0.29, 0.717) is 17.9 Å². The minimum absolute atomic E-state index is 0.0276. The van der Waals surface area contributed by atoms with Crippen molar-refractivity contribution in [3.8, 4) is 5.75 Å². The van der Waals surface area contributed by atoms with E-state index in [2.05, 4.69) is 10.0 Å². The van der Waals surface area contributed by atoms with Crippen molar-refractivity contribution in [3.05, 3.63) is 53.1 Å². The molecule has 0 bridgehead atoms. The van der Waals surface area contributed by atoms with Crippen LogP contribution in [-0.4, -0.2) is 13.5 Å². The largest absolute Gasteiger partial charge is 0.506 e. The van der Waals surface area contributed by atoms with E-state index in [1.807, 2.05) is 0 Å². The summed E-state index contributed by atoms with van der Waals surface area (Å²) < 4.78 is 24.1. The van der Waals surface area contributed by atoms with Gasteiger partial charge in [0.05, 0.1) is 10.7 Å². The number of hydrogen-bond donors (Lipinski definition) is 4. The van der Waals surface area contributed by atoms with Gasteiger partial charge in [0, 0.05) is 12.2 Å². The molecule has 0 amide bonds. The minimum Gasteiger partial charge on any atom is -0.506 e. The van der Waals surface area contributed by atoms with Gasteiger partial charge in [-0.15, -0.1) is 0 Å². The normalized spacial score (nSPS) is 11.1. The van der Waals surface area contributed by atoms with Crippen LogP contribution in [0.5, 0.6) is 5.75 Å². The van der Waals surface area contributed by atoms with Crippen molar-refractivity contribution in [3.63, 3.8) is 0 Å². The van der Waals surface area contributed by atoms with Gasteiger partial charge in [0.1, 0.15) is 5.75 Å². The standard InChI is InChI=1S/C13H14ClN3O3S/c14-12-6-9(4-5-13(12)18)8-16-10-2-1-3-11(7-10)17-21(15,19)20/h1-7,16-18H,8H2,(H2,15,19,20). The van der Waals surface area contributed by atoms with Gasteiger partial charge in [0.15, 0.2) is 0 Å². The first-order chi connectivity index (χ1) is 9.83. The molecule has 2 aromatic carbocycles. The maximum atomic E-state index is 11.0. The van der Waals surface area contributed by atoms with Crippen LogP contribution in [0.1, 0.15) is 5.56 Å². The van der Waals surface area contributed by atoms with E-state index >= 15 is 0 Å². The lowest BCUT2D eigenvalue weighted by Gasteiger charge is -2.09. The molecular weight excluding hydrogens is 314 g/mol. The molecule has 0 unspecified atom stereocenters. The summed E-state index contributed by atoms with van der Waals surface area (Å²) in [5.74, 6) is 0.0276. The lowest BCUT2D eigenvalue weighted by Crippen LogP contribution is -2.21. The molecule has 5 N–H and O–H groups in total. The molecule has 0 aliphatic heterocycles. The molecule has 0 spiro atoms. The summed E-state index contributed by atoms with van der Waals surface area (Å²) in [5.41, 5.74) is 1.96. The minimum atomic E-state index is -3.79. The fraction of sp³-hybridized carbons (Fsp3) is 0.0769. The molecule has 8 heteroatoms. The van der Waals surface area contributed by atoms with E-state index in [9.17, 15) is 13.5 Å². The van der Waals surface area contributed by atoms with Crippen LogP contribution in [0.25, 0.3) is 0 Å². The summed E-state index contributed by atoms with van der Waals surface area (Å²) in [6.07, 6.45) is 0. The Morgan fingerprint density at radius 3 is 2.52 bits per heavy atom. The van der Waals surface area contributed by atoms with Crippen molar-refractivity contribution in [2.24, 2.45) is 5.14 Å². The van der Waals surface area contributed by atoms with E-state index in [1.54, 1.807) is 36.4 Å². The van der Waals surface area contributed by atoms with E-state index in [-0.39, 0.29) is 10.8 Å². The van der Waals surface area contributed by atoms with Crippen LogP contribution in [0.4, 0.5) is 11.4 Å². The van der Waals surface area contributed by atoms with Crippen molar-refractivity contribution in [1.29, 1.82) is 0 Å². The van der Waals surface area contributed by atoms with Gasteiger partial charge in [0.2, 0.25) is 0 Å². The number of nitrogens with one attached hydrogen (secondary N) is 2. The number of aromatic hydroxyl groups is 1. The molecular formula is C13H14ClN3O3S. The Morgan fingerprint density at radius 2 is 1.86 bits per heavy atom. The Hall–Kier alpha value is -1.96. The number of phenolic OH excluding ortho intramolecular Hbond substituents is 1. The Bertz CT molecular complexity index is 750. The number of anilines is 2. The van der Waals surface area contributed by atoms with Crippen LogP contribution in [-0.2, 0) is 16.8 Å². The molecule has 2 aromatic rings. The third-order valence-corrected chi connectivity index (χ3v) is 3.45. The van der Waals surface area contributed by atoms with Gasteiger partial charge in [0.25, 0.3) is 10.2 Å². The van der Waals surface area contributed by atoms with Crippen LogP contribution in [0.15, 0.2) is 42.5 Å². The average molecular weight is 328 g/mol. The quantitative estimate of drug-likeness (QED) is 0.676. The van der Waals surface area contributed by atoms with Gasteiger partial charge < -0.3 is 10.4 Å². The molecule has 0 aliphatic carbocycles. The number of phenols is 1. The van der Waals surface area contributed by atoms with Gasteiger partial charge >= 0.3 is 0 Å². The molecule has 6 nitrogen and oxygen atoms in total. The number of halogens is 1. The second-order valence-corrected chi connectivity index (χ2v) is 6.07. The zero-order valence-electron chi connectivity index (χ0n) is 10.9. The zero-order chi connectivity index (χ0) is 15.5. The molecule has 0 aromatic heterocycles.